The van der Waals surface area contributed by atoms with Gasteiger partial charge in [0.05, 0.1) is 17.5 Å². The molecule has 1 atom stereocenters. The number of sulfone groups is 1. The van der Waals surface area contributed by atoms with Crippen molar-refractivity contribution in [2.75, 3.05) is 6.61 Å². The molecule has 0 aliphatic carbocycles. The summed E-state index contributed by atoms with van der Waals surface area (Å²) >= 11 is 0. The van der Waals surface area contributed by atoms with E-state index in [9.17, 15) is 13.2 Å². The first kappa shape index (κ1) is 18.2. The van der Waals surface area contributed by atoms with Gasteiger partial charge in [0.2, 0.25) is 0 Å². The van der Waals surface area contributed by atoms with Crippen LogP contribution in [0.3, 0.4) is 0 Å². The smallest absolute Gasteiger partial charge is 0.407 e. The zero-order valence-corrected chi connectivity index (χ0v) is 14.2. The Kier molecular flexibility index (Phi) is 6.61. The summed E-state index contributed by atoms with van der Waals surface area (Å²) in [5.41, 5.74) is 0.993. The van der Waals surface area contributed by atoms with E-state index in [2.05, 4.69) is 5.32 Å². The average molecular weight is 325 g/mol. The van der Waals surface area contributed by atoms with Crippen molar-refractivity contribution in [2.24, 2.45) is 5.92 Å². The van der Waals surface area contributed by atoms with Crippen LogP contribution in [0, 0.1) is 12.8 Å². The van der Waals surface area contributed by atoms with Crippen molar-refractivity contribution in [3.05, 3.63) is 41.3 Å². The minimum Gasteiger partial charge on any atom is -0.450 e. The van der Waals surface area contributed by atoms with E-state index < -0.39 is 22.0 Å². The van der Waals surface area contributed by atoms with Gasteiger partial charge in [-0.05, 0) is 31.9 Å². The molecular weight excluding hydrogens is 302 g/mol. The summed E-state index contributed by atoms with van der Waals surface area (Å²) in [7, 11) is -3.53. The number of amides is 1. The third-order valence-electron chi connectivity index (χ3n) is 3.09. The number of nitrogens with one attached hydrogen (secondary N) is 1. The number of carbonyl (C=O) groups is 1. The molecule has 1 amide bonds. The topological polar surface area (TPSA) is 72.5 Å². The average Bonchev–Trinajstić information content (AvgIpc) is 2.44. The first-order chi connectivity index (χ1) is 10.3. The standard InChI is InChI=1S/C16H23NO4S/c1-5-21-16(18)17-15(12(2)3)10-11-22(19,20)14-8-6-13(4)7-9-14/h6-12,15H,5H2,1-4H3,(H,17,18)/b11-10+/t15-/m1/s1. The van der Waals surface area contributed by atoms with Gasteiger partial charge in [-0.15, -0.1) is 0 Å². The molecule has 0 aliphatic heterocycles. The lowest BCUT2D eigenvalue weighted by Gasteiger charge is -2.18. The lowest BCUT2D eigenvalue weighted by Crippen LogP contribution is -2.37. The molecule has 0 heterocycles. The van der Waals surface area contributed by atoms with E-state index in [-0.39, 0.29) is 17.4 Å². The number of hydrogen-bond acceptors (Lipinski definition) is 4. The summed E-state index contributed by atoms with van der Waals surface area (Å²) in [5.74, 6) is 0.0360. The molecule has 0 aromatic heterocycles. The van der Waals surface area contributed by atoms with Crippen LogP contribution in [0.2, 0.25) is 0 Å². The molecule has 0 saturated carbocycles. The van der Waals surface area contributed by atoms with E-state index in [1.807, 2.05) is 20.8 Å². The quantitative estimate of drug-likeness (QED) is 0.872. The van der Waals surface area contributed by atoms with Gasteiger partial charge in [-0.25, -0.2) is 13.2 Å². The van der Waals surface area contributed by atoms with Crippen LogP contribution in [0.25, 0.3) is 0 Å². The number of aryl methyl sites for hydroxylation is 1. The molecule has 0 aliphatic rings. The first-order valence-electron chi connectivity index (χ1n) is 7.19. The van der Waals surface area contributed by atoms with E-state index in [0.29, 0.717) is 0 Å². The third kappa shape index (κ3) is 5.52. The molecule has 5 nitrogen and oxygen atoms in total. The second-order valence-electron chi connectivity index (χ2n) is 5.32. The Bertz CT molecular complexity index is 618. The zero-order valence-electron chi connectivity index (χ0n) is 13.4. The van der Waals surface area contributed by atoms with Crippen LogP contribution in [0.5, 0.6) is 0 Å². The fourth-order valence-electron chi connectivity index (χ4n) is 1.74. The Balaban J connectivity index is 2.89. The maximum atomic E-state index is 12.3. The van der Waals surface area contributed by atoms with Crippen LogP contribution >= 0.6 is 0 Å². The molecule has 122 valence electrons. The fraction of sp³-hybridized carbons (Fsp3) is 0.438. The van der Waals surface area contributed by atoms with Gasteiger partial charge in [-0.2, -0.15) is 0 Å². The van der Waals surface area contributed by atoms with Crippen LogP contribution in [-0.4, -0.2) is 27.2 Å². The Morgan fingerprint density at radius 2 is 1.86 bits per heavy atom. The molecule has 6 heteroatoms. The number of carbonyl (C=O) groups excluding carboxylic acids is 1. The predicted molar refractivity (Wildman–Crippen MR) is 86.3 cm³/mol. The molecule has 0 unspecified atom stereocenters. The molecule has 22 heavy (non-hydrogen) atoms. The molecule has 0 fully saturated rings. The monoisotopic (exact) mass is 325 g/mol. The van der Waals surface area contributed by atoms with Gasteiger partial charge in [-0.3, -0.25) is 0 Å². The molecule has 1 N–H and O–H groups in total. The van der Waals surface area contributed by atoms with Gasteiger partial charge in [0.1, 0.15) is 0 Å². The van der Waals surface area contributed by atoms with Gasteiger partial charge in [0, 0.05) is 5.41 Å². The first-order valence-corrected chi connectivity index (χ1v) is 8.74. The highest BCUT2D eigenvalue weighted by atomic mass is 32.2. The number of ether oxygens (including phenoxy) is 1. The van der Waals surface area contributed by atoms with Gasteiger partial charge >= 0.3 is 6.09 Å². The van der Waals surface area contributed by atoms with Crippen molar-refractivity contribution in [3.63, 3.8) is 0 Å². The fourth-order valence-corrected chi connectivity index (χ4v) is 2.79. The minimum atomic E-state index is -3.53. The van der Waals surface area contributed by atoms with Gasteiger partial charge < -0.3 is 10.1 Å². The highest BCUT2D eigenvalue weighted by Crippen LogP contribution is 2.14. The van der Waals surface area contributed by atoms with Crippen LogP contribution in [0.4, 0.5) is 4.79 Å². The van der Waals surface area contributed by atoms with Crippen LogP contribution < -0.4 is 5.32 Å². The zero-order chi connectivity index (χ0) is 16.8. The molecule has 1 aromatic rings. The lowest BCUT2D eigenvalue weighted by molar-refractivity contribution is 0.147. The second-order valence-corrected chi connectivity index (χ2v) is 7.15. The minimum absolute atomic E-state index is 0.0360. The van der Waals surface area contributed by atoms with Crippen molar-refractivity contribution in [1.29, 1.82) is 0 Å². The molecule has 1 aromatic carbocycles. The van der Waals surface area contributed by atoms with Crippen molar-refractivity contribution in [3.8, 4) is 0 Å². The van der Waals surface area contributed by atoms with Crippen molar-refractivity contribution in [1.82, 2.24) is 5.32 Å². The van der Waals surface area contributed by atoms with Crippen molar-refractivity contribution < 1.29 is 17.9 Å². The van der Waals surface area contributed by atoms with Gasteiger partial charge in [0.15, 0.2) is 9.84 Å². The normalized spacial score (nSPS) is 13.3. The Hall–Kier alpha value is -1.82. The van der Waals surface area contributed by atoms with E-state index in [0.717, 1.165) is 11.0 Å². The SMILES string of the molecule is CCOC(=O)N[C@H](/C=C/S(=O)(=O)c1ccc(C)cc1)C(C)C. The van der Waals surface area contributed by atoms with Crippen LogP contribution in [0.1, 0.15) is 26.3 Å². The summed E-state index contributed by atoms with van der Waals surface area (Å²) in [6.07, 6.45) is 0.926. The van der Waals surface area contributed by atoms with Crippen LogP contribution in [-0.2, 0) is 14.6 Å². The molecule has 0 bridgehead atoms. The molecule has 1 rings (SSSR count). The number of alkyl carbamates (subject to hydrolysis) is 1. The number of rotatable bonds is 6. The Labute approximate surface area is 132 Å². The molecular formula is C16H23NO4S. The largest absolute Gasteiger partial charge is 0.450 e. The van der Waals surface area contributed by atoms with E-state index in [1.165, 1.54) is 6.08 Å². The molecule has 0 radical (unpaired) electrons. The van der Waals surface area contributed by atoms with Crippen LogP contribution in [0.15, 0.2) is 40.6 Å². The van der Waals surface area contributed by atoms with Crippen molar-refractivity contribution >= 4 is 15.9 Å². The molecule has 0 saturated heterocycles. The van der Waals surface area contributed by atoms with Gasteiger partial charge in [-0.1, -0.05) is 37.6 Å². The number of benzene rings is 1. The Morgan fingerprint density at radius 1 is 1.27 bits per heavy atom. The highest BCUT2D eigenvalue weighted by Gasteiger charge is 2.16. The Morgan fingerprint density at radius 3 is 2.36 bits per heavy atom. The maximum Gasteiger partial charge on any atom is 0.407 e. The summed E-state index contributed by atoms with van der Waals surface area (Å²) in [6.45, 7) is 7.65. The summed E-state index contributed by atoms with van der Waals surface area (Å²) in [5, 5.41) is 3.77. The highest BCUT2D eigenvalue weighted by molar-refractivity contribution is 7.94. The summed E-state index contributed by atoms with van der Waals surface area (Å²) < 4.78 is 29.3. The van der Waals surface area contributed by atoms with E-state index in [1.54, 1.807) is 31.2 Å². The second kappa shape index (κ2) is 7.98. The lowest BCUT2D eigenvalue weighted by atomic mass is 10.1. The van der Waals surface area contributed by atoms with E-state index >= 15 is 0 Å². The summed E-state index contributed by atoms with van der Waals surface area (Å²) in [4.78, 5) is 11.7. The van der Waals surface area contributed by atoms with Gasteiger partial charge in [0.25, 0.3) is 0 Å². The third-order valence-corrected chi connectivity index (χ3v) is 4.54. The number of hydrogen-bond donors (Lipinski definition) is 1. The van der Waals surface area contributed by atoms with Crippen molar-refractivity contribution in [2.45, 2.75) is 38.6 Å². The molecule has 0 spiro atoms. The van der Waals surface area contributed by atoms with E-state index in [4.69, 9.17) is 4.74 Å². The maximum absolute atomic E-state index is 12.3. The predicted octanol–water partition coefficient (Wildman–Crippen LogP) is 3.05. The summed E-state index contributed by atoms with van der Waals surface area (Å²) in [6, 6.07) is 6.21.